The van der Waals surface area contributed by atoms with E-state index in [0.29, 0.717) is 17.1 Å². The van der Waals surface area contributed by atoms with E-state index < -0.39 is 23.7 Å². The molecule has 2 amide bonds. The summed E-state index contributed by atoms with van der Waals surface area (Å²) in [5.74, 6) is -0.835. The van der Waals surface area contributed by atoms with Crippen LogP contribution in [-0.4, -0.2) is 31.1 Å². The van der Waals surface area contributed by atoms with Crippen LogP contribution in [-0.2, 0) is 16.1 Å². The lowest BCUT2D eigenvalue weighted by atomic mass is 10.2. The van der Waals surface area contributed by atoms with E-state index in [4.69, 9.17) is 9.47 Å². The van der Waals surface area contributed by atoms with Crippen molar-refractivity contribution in [2.45, 2.75) is 12.6 Å². The van der Waals surface area contributed by atoms with Crippen LogP contribution >= 0.6 is 0 Å². The molecule has 0 saturated carbocycles. The molecule has 0 spiro atoms. The molecule has 1 unspecified atom stereocenters. The number of para-hydroxylation sites is 2. The molecule has 0 radical (unpaired) electrons. The molecule has 0 aromatic heterocycles. The van der Waals surface area contributed by atoms with E-state index >= 15 is 0 Å². The number of hydrogen-bond donors (Lipinski definition) is 2. The van der Waals surface area contributed by atoms with Gasteiger partial charge >= 0.3 is 11.8 Å². The van der Waals surface area contributed by atoms with Crippen molar-refractivity contribution in [3.05, 3.63) is 59.9 Å². The monoisotopic (exact) mass is 344 g/mol. The SMILES string of the molecule is O=C(NCc1ccccc1F)C(=O)NCC1COc2ccccc2O1. The van der Waals surface area contributed by atoms with Crippen LogP contribution in [0.3, 0.4) is 0 Å². The zero-order valence-corrected chi connectivity index (χ0v) is 13.3. The third-order valence-corrected chi connectivity index (χ3v) is 3.66. The summed E-state index contributed by atoms with van der Waals surface area (Å²) in [6, 6.07) is 13.3. The molecule has 1 aliphatic rings. The molecule has 2 N–H and O–H groups in total. The van der Waals surface area contributed by atoms with Gasteiger partial charge in [-0.15, -0.1) is 0 Å². The van der Waals surface area contributed by atoms with Crippen LogP contribution < -0.4 is 20.1 Å². The second kappa shape index (κ2) is 7.65. The summed E-state index contributed by atoms with van der Waals surface area (Å²) >= 11 is 0. The van der Waals surface area contributed by atoms with E-state index in [2.05, 4.69) is 10.6 Å². The van der Waals surface area contributed by atoms with Crippen LogP contribution in [0, 0.1) is 5.82 Å². The number of halogens is 1. The van der Waals surface area contributed by atoms with Gasteiger partial charge < -0.3 is 20.1 Å². The molecule has 2 aromatic carbocycles. The van der Waals surface area contributed by atoms with Gasteiger partial charge in [0, 0.05) is 12.1 Å². The fourth-order valence-electron chi connectivity index (χ4n) is 2.35. The number of carbonyl (C=O) groups excluding carboxylic acids is 2. The Kier molecular flexibility index (Phi) is 5.13. The number of fused-ring (bicyclic) bond motifs is 1. The van der Waals surface area contributed by atoms with Gasteiger partial charge in [0.15, 0.2) is 11.5 Å². The van der Waals surface area contributed by atoms with Gasteiger partial charge in [0.25, 0.3) is 0 Å². The molecule has 6 nitrogen and oxygen atoms in total. The Balaban J connectivity index is 1.45. The molecule has 0 saturated heterocycles. The molecule has 0 bridgehead atoms. The molecule has 2 aromatic rings. The summed E-state index contributed by atoms with van der Waals surface area (Å²) < 4.78 is 24.7. The number of rotatable bonds is 4. The van der Waals surface area contributed by atoms with Gasteiger partial charge in [0.1, 0.15) is 18.5 Å². The van der Waals surface area contributed by atoms with Crippen molar-refractivity contribution >= 4 is 11.8 Å². The number of nitrogens with one attached hydrogen (secondary N) is 2. The second-order valence-electron chi connectivity index (χ2n) is 5.48. The quantitative estimate of drug-likeness (QED) is 0.822. The van der Waals surface area contributed by atoms with Crippen LogP contribution in [0.4, 0.5) is 4.39 Å². The van der Waals surface area contributed by atoms with E-state index in [-0.39, 0.29) is 19.7 Å². The Morgan fingerprint density at radius 3 is 2.48 bits per heavy atom. The standard InChI is InChI=1S/C18H17FN2O4/c19-14-6-2-1-5-12(14)9-20-17(22)18(23)21-10-13-11-24-15-7-3-4-8-16(15)25-13/h1-8,13H,9-11H2,(H,20,22)(H,21,23). The van der Waals surface area contributed by atoms with Gasteiger partial charge in [-0.05, 0) is 18.2 Å². The van der Waals surface area contributed by atoms with Crippen molar-refractivity contribution in [2.24, 2.45) is 0 Å². The zero-order chi connectivity index (χ0) is 17.6. The molecule has 3 rings (SSSR count). The maximum Gasteiger partial charge on any atom is 0.309 e. The van der Waals surface area contributed by atoms with E-state index in [1.165, 1.54) is 12.1 Å². The maximum atomic E-state index is 13.5. The number of carbonyl (C=O) groups is 2. The fraction of sp³-hybridized carbons (Fsp3) is 0.222. The summed E-state index contributed by atoms with van der Waals surface area (Å²) in [4.78, 5) is 23.6. The lowest BCUT2D eigenvalue weighted by molar-refractivity contribution is -0.139. The van der Waals surface area contributed by atoms with Crippen LogP contribution in [0.2, 0.25) is 0 Å². The Bertz CT molecular complexity index is 781. The largest absolute Gasteiger partial charge is 0.486 e. The molecular weight excluding hydrogens is 327 g/mol. The topological polar surface area (TPSA) is 76.7 Å². The van der Waals surface area contributed by atoms with Crippen molar-refractivity contribution in [1.29, 1.82) is 0 Å². The Hall–Kier alpha value is -3.09. The van der Waals surface area contributed by atoms with Gasteiger partial charge in [-0.1, -0.05) is 30.3 Å². The molecule has 7 heteroatoms. The van der Waals surface area contributed by atoms with Crippen LogP contribution in [0.1, 0.15) is 5.56 Å². The van der Waals surface area contributed by atoms with Gasteiger partial charge in [-0.25, -0.2) is 4.39 Å². The van der Waals surface area contributed by atoms with Crippen molar-refractivity contribution in [3.8, 4) is 11.5 Å². The Morgan fingerprint density at radius 1 is 1.00 bits per heavy atom. The van der Waals surface area contributed by atoms with Gasteiger partial charge in [0.05, 0.1) is 6.54 Å². The predicted molar refractivity (Wildman–Crippen MR) is 87.6 cm³/mol. The van der Waals surface area contributed by atoms with Crippen LogP contribution in [0.15, 0.2) is 48.5 Å². The lowest BCUT2D eigenvalue weighted by Crippen LogP contribution is -2.45. The minimum atomic E-state index is -0.833. The molecule has 0 aliphatic carbocycles. The number of ether oxygens (including phenoxy) is 2. The van der Waals surface area contributed by atoms with E-state index in [1.54, 1.807) is 24.3 Å². The maximum absolute atomic E-state index is 13.5. The van der Waals surface area contributed by atoms with E-state index in [0.717, 1.165) is 0 Å². The third kappa shape index (κ3) is 4.26. The summed E-state index contributed by atoms with van der Waals surface area (Å²) in [6.45, 7) is 0.337. The highest BCUT2D eigenvalue weighted by molar-refractivity contribution is 6.35. The third-order valence-electron chi connectivity index (χ3n) is 3.66. The average molecular weight is 344 g/mol. The van der Waals surface area contributed by atoms with Crippen molar-refractivity contribution in [1.82, 2.24) is 10.6 Å². The normalized spacial score (nSPS) is 15.3. The smallest absolute Gasteiger partial charge is 0.309 e. The Morgan fingerprint density at radius 2 is 1.68 bits per heavy atom. The zero-order valence-electron chi connectivity index (χ0n) is 13.3. The predicted octanol–water partition coefficient (Wildman–Crippen LogP) is 1.40. The van der Waals surface area contributed by atoms with Crippen LogP contribution in [0.25, 0.3) is 0 Å². The minimum absolute atomic E-state index is 0.0602. The van der Waals surface area contributed by atoms with Crippen molar-refractivity contribution in [2.75, 3.05) is 13.2 Å². The first-order chi connectivity index (χ1) is 12.1. The fourth-order valence-corrected chi connectivity index (χ4v) is 2.35. The number of hydrogen-bond acceptors (Lipinski definition) is 4. The van der Waals surface area contributed by atoms with Crippen molar-refractivity contribution < 1.29 is 23.5 Å². The first kappa shape index (κ1) is 16.8. The van der Waals surface area contributed by atoms with Crippen LogP contribution in [0.5, 0.6) is 11.5 Å². The highest BCUT2D eigenvalue weighted by Gasteiger charge is 2.22. The summed E-state index contributed by atoms with van der Waals surface area (Å²) in [5.41, 5.74) is 0.310. The minimum Gasteiger partial charge on any atom is -0.486 e. The molecule has 1 heterocycles. The number of amides is 2. The molecule has 1 aliphatic heterocycles. The highest BCUT2D eigenvalue weighted by Crippen LogP contribution is 2.30. The van der Waals surface area contributed by atoms with Crippen molar-refractivity contribution in [3.63, 3.8) is 0 Å². The van der Waals surface area contributed by atoms with E-state index in [1.807, 2.05) is 12.1 Å². The lowest BCUT2D eigenvalue weighted by Gasteiger charge is -2.26. The first-order valence-corrected chi connectivity index (χ1v) is 7.81. The van der Waals surface area contributed by atoms with Gasteiger partial charge in [-0.3, -0.25) is 9.59 Å². The first-order valence-electron chi connectivity index (χ1n) is 7.81. The summed E-state index contributed by atoms with van der Waals surface area (Å²) in [7, 11) is 0. The van der Waals surface area contributed by atoms with Gasteiger partial charge in [-0.2, -0.15) is 0 Å². The van der Waals surface area contributed by atoms with E-state index in [9.17, 15) is 14.0 Å². The Labute approximate surface area is 143 Å². The van der Waals surface area contributed by atoms with Gasteiger partial charge in [0.2, 0.25) is 0 Å². The summed E-state index contributed by atoms with van der Waals surface area (Å²) in [5, 5.41) is 4.86. The molecule has 1 atom stereocenters. The number of benzene rings is 2. The molecule has 130 valence electrons. The summed E-state index contributed by atoms with van der Waals surface area (Å²) in [6.07, 6.45) is -0.391. The average Bonchev–Trinajstić information content (AvgIpc) is 2.65. The molecule has 25 heavy (non-hydrogen) atoms. The second-order valence-corrected chi connectivity index (χ2v) is 5.48. The molecule has 0 fully saturated rings. The highest BCUT2D eigenvalue weighted by atomic mass is 19.1. The molecular formula is C18H17FN2O4.